The van der Waals surface area contributed by atoms with Gasteiger partial charge in [0.15, 0.2) is 6.61 Å². The third-order valence-corrected chi connectivity index (χ3v) is 1.39. The van der Waals surface area contributed by atoms with Crippen molar-refractivity contribution in [2.45, 2.75) is 12.7 Å². The molecule has 1 aromatic heterocycles. The zero-order valence-corrected chi connectivity index (χ0v) is 9.59. The minimum atomic E-state index is -4.35. The largest absolute Gasteiger partial charge is 0.674 e. The standard InChI is InChI=1S/C8H8F3N2O.2ClH/c9-8(10,11)5-14-7-2-1-6(3-12)4-13-7;;/h1-2,4,12H,3,5H2;2*1H/q-1;;. The zero-order valence-electron chi connectivity index (χ0n) is 7.95. The van der Waals surface area contributed by atoms with Crippen molar-refractivity contribution >= 4 is 24.8 Å². The van der Waals surface area contributed by atoms with E-state index in [1.54, 1.807) is 0 Å². The van der Waals surface area contributed by atoms with E-state index in [2.05, 4.69) is 9.72 Å². The third kappa shape index (κ3) is 6.71. The van der Waals surface area contributed by atoms with Crippen molar-refractivity contribution in [3.8, 4) is 5.88 Å². The highest BCUT2D eigenvalue weighted by Crippen LogP contribution is 2.16. The monoisotopic (exact) mass is 277 g/mol. The summed E-state index contributed by atoms with van der Waals surface area (Å²) in [5.41, 5.74) is 7.58. The van der Waals surface area contributed by atoms with Gasteiger partial charge in [-0.1, -0.05) is 11.6 Å². The van der Waals surface area contributed by atoms with Gasteiger partial charge in [0.25, 0.3) is 0 Å². The molecular weight excluding hydrogens is 268 g/mol. The average molecular weight is 278 g/mol. The van der Waals surface area contributed by atoms with Crippen molar-refractivity contribution in [3.63, 3.8) is 0 Å². The second kappa shape index (κ2) is 7.54. The second-order valence-corrected chi connectivity index (χ2v) is 2.59. The van der Waals surface area contributed by atoms with E-state index in [0.29, 0.717) is 5.56 Å². The van der Waals surface area contributed by atoms with Gasteiger partial charge in [-0.2, -0.15) is 13.2 Å². The van der Waals surface area contributed by atoms with Crippen LogP contribution in [0.5, 0.6) is 5.88 Å². The molecule has 0 aromatic carbocycles. The molecule has 1 rings (SSSR count). The first kappa shape index (κ1) is 17.7. The van der Waals surface area contributed by atoms with E-state index in [0.717, 1.165) is 0 Å². The number of halogens is 5. The van der Waals surface area contributed by atoms with Crippen LogP contribution in [0.4, 0.5) is 13.2 Å². The summed E-state index contributed by atoms with van der Waals surface area (Å²) in [5, 5.41) is 0. The van der Waals surface area contributed by atoms with Crippen LogP contribution in [0.25, 0.3) is 5.73 Å². The Labute approximate surface area is 103 Å². The van der Waals surface area contributed by atoms with Crippen molar-refractivity contribution in [2.75, 3.05) is 6.61 Å². The SMILES string of the molecule is Cl.Cl.[NH-]Cc1ccc(OCC(F)(F)F)nc1. The van der Waals surface area contributed by atoms with Gasteiger partial charge in [-0.25, -0.2) is 4.98 Å². The van der Waals surface area contributed by atoms with E-state index in [-0.39, 0.29) is 37.2 Å². The maximum atomic E-state index is 11.7. The topological polar surface area (TPSA) is 45.9 Å². The molecule has 1 N–H and O–H groups in total. The summed E-state index contributed by atoms with van der Waals surface area (Å²) in [4.78, 5) is 3.61. The maximum absolute atomic E-state index is 11.7. The summed E-state index contributed by atoms with van der Waals surface area (Å²) in [6, 6.07) is 2.82. The Hall–Kier alpha value is -0.720. The molecule has 0 saturated carbocycles. The number of alkyl halides is 3. The van der Waals surface area contributed by atoms with E-state index in [1.807, 2.05) is 0 Å². The predicted molar refractivity (Wildman–Crippen MR) is 58.3 cm³/mol. The lowest BCUT2D eigenvalue weighted by atomic mass is 10.3. The summed E-state index contributed by atoms with van der Waals surface area (Å²) in [6.45, 7) is -1.30. The van der Waals surface area contributed by atoms with Crippen LogP contribution in [-0.2, 0) is 6.54 Å². The molecule has 0 amide bonds. The van der Waals surface area contributed by atoms with Crippen molar-refractivity contribution < 1.29 is 17.9 Å². The molecule has 0 atom stereocenters. The Morgan fingerprint density at radius 3 is 2.25 bits per heavy atom. The van der Waals surface area contributed by atoms with Gasteiger partial charge in [0.1, 0.15) is 0 Å². The molecule has 8 heteroatoms. The van der Waals surface area contributed by atoms with Crippen molar-refractivity contribution in [1.82, 2.24) is 4.98 Å². The number of hydrogen-bond donors (Lipinski definition) is 0. The fourth-order valence-corrected chi connectivity index (χ4v) is 0.757. The Balaban J connectivity index is 0. The normalized spacial score (nSPS) is 10.0. The van der Waals surface area contributed by atoms with E-state index in [9.17, 15) is 13.2 Å². The van der Waals surface area contributed by atoms with E-state index < -0.39 is 12.8 Å². The highest BCUT2D eigenvalue weighted by molar-refractivity contribution is 5.85. The number of ether oxygens (including phenoxy) is 1. The molecule has 0 bridgehead atoms. The molecular formula is C8H10Cl2F3N2O-. The van der Waals surface area contributed by atoms with Gasteiger partial charge in [-0.15, -0.1) is 31.4 Å². The Morgan fingerprint density at radius 1 is 1.25 bits per heavy atom. The number of hydrogen-bond acceptors (Lipinski definition) is 2. The molecule has 94 valence electrons. The van der Waals surface area contributed by atoms with Crippen LogP contribution in [0.3, 0.4) is 0 Å². The maximum Gasteiger partial charge on any atom is 0.422 e. The smallest absolute Gasteiger partial charge is 0.422 e. The van der Waals surface area contributed by atoms with E-state index in [4.69, 9.17) is 5.73 Å². The molecule has 0 saturated heterocycles. The first-order valence-electron chi connectivity index (χ1n) is 3.80. The number of rotatable bonds is 3. The second-order valence-electron chi connectivity index (χ2n) is 2.59. The lowest BCUT2D eigenvalue weighted by Crippen LogP contribution is -2.19. The minimum Gasteiger partial charge on any atom is -0.674 e. The van der Waals surface area contributed by atoms with Gasteiger partial charge in [-0.05, 0) is 0 Å². The van der Waals surface area contributed by atoms with Crippen molar-refractivity contribution in [2.24, 2.45) is 0 Å². The number of nitrogens with one attached hydrogen (secondary N) is 1. The van der Waals surface area contributed by atoms with E-state index >= 15 is 0 Å². The number of nitrogens with zero attached hydrogens (tertiary/aromatic N) is 1. The summed E-state index contributed by atoms with van der Waals surface area (Å²) in [6.07, 6.45) is -3.03. The van der Waals surface area contributed by atoms with Crippen LogP contribution in [0, 0.1) is 0 Å². The van der Waals surface area contributed by atoms with Crippen LogP contribution >= 0.6 is 24.8 Å². The lowest BCUT2D eigenvalue weighted by molar-refractivity contribution is -0.154. The number of aromatic nitrogens is 1. The molecule has 0 aliphatic heterocycles. The zero-order chi connectivity index (χ0) is 10.6. The minimum absolute atomic E-state index is 0. The first-order chi connectivity index (χ1) is 6.51. The fourth-order valence-electron chi connectivity index (χ4n) is 0.757. The van der Waals surface area contributed by atoms with Crippen LogP contribution in [0.1, 0.15) is 5.56 Å². The van der Waals surface area contributed by atoms with Crippen LogP contribution in [0.2, 0.25) is 0 Å². The molecule has 0 aliphatic carbocycles. The molecule has 1 heterocycles. The van der Waals surface area contributed by atoms with Gasteiger partial charge in [0.2, 0.25) is 5.88 Å². The Kier molecular flexibility index (Phi) is 8.32. The summed E-state index contributed by atoms with van der Waals surface area (Å²) >= 11 is 0. The van der Waals surface area contributed by atoms with Gasteiger partial charge in [-0.3, -0.25) is 0 Å². The Morgan fingerprint density at radius 2 is 1.88 bits per heavy atom. The van der Waals surface area contributed by atoms with Crippen LogP contribution in [0.15, 0.2) is 18.3 Å². The first-order valence-corrected chi connectivity index (χ1v) is 3.80. The van der Waals surface area contributed by atoms with Gasteiger partial charge < -0.3 is 10.5 Å². The molecule has 0 aliphatic rings. The van der Waals surface area contributed by atoms with Gasteiger partial charge in [0.05, 0.1) is 0 Å². The molecule has 16 heavy (non-hydrogen) atoms. The highest BCUT2D eigenvalue weighted by atomic mass is 35.5. The summed E-state index contributed by atoms with van der Waals surface area (Å²) < 4.78 is 39.5. The van der Waals surface area contributed by atoms with Crippen molar-refractivity contribution in [1.29, 1.82) is 0 Å². The molecule has 0 fully saturated rings. The Bertz CT molecular complexity index is 292. The molecule has 0 radical (unpaired) electrons. The van der Waals surface area contributed by atoms with Crippen molar-refractivity contribution in [3.05, 3.63) is 29.6 Å². The third-order valence-electron chi connectivity index (χ3n) is 1.39. The predicted octanol–water partition coefficient (Wildman–Crippen LogP) is 3.42. The van der Waals surface area contributed by atoms with Gasteiger partial charge >= 0.3 is 6.18 Å². The van der Waals surface area contributed by atoms with E-state index in [1.165, 1.54) is 18.3 Å². The van der Waals surface area contributed by atoms with Crippen LogP contribution < -0.4 is 4.74 Å². The quantitative estimate of drug-likeness (QED) is 0.850. The lowest BCUT2D eigenvalue weighted by Gasteiger charge is -2.08. The number of pyridine rings is 1. The van der Waals surface area contributed by atoms with Gasteiger partial charge in [0, 0.05) is 12.3 Å². The molecule has 3 nitrogen and oxygen atoms in total. The molecule has 0 unspecified atom stereocenters. The van der Waals surface area contributed by atoms with Crippen LogP contribution in [-0.4, -0.2) is 17.8 Å². The molecule has 1 aromatic rings. The molecule has 0 spiro atoms. The fraction of sp³-hybridized carbons (Fsp3) is 0.375. The summed E-state index contributed by atoms with van der Waals surface area (Å²) in [7, 11) is 0. The average Bonchev–Trinajstić information content (AvgIpc) is 2.14. The summed E-state index contributed by atoms with van der Waals surface area (Å²) in [5.74, 6) is -0.0838. The highest BCUT2D eigenvalue weighted by Gasteiger charge is 2.28.